The van der Waals surface area contributed by atoms with Gasteiger partial charge in [-0.25, -0.2) is 17.1 Å². The SMILES string of the molecule is COc1ccc(CN(c2ccon2)S(=O)(=O)c2ccc3[nH]c(=O)ccc3c2-c2cc(F)c(C(O)C(F)(F)F)cc2OC)cc1. The molecule has 0 aliphatic heterocycles. The number of sulfonamides is 1. The van der Waals surface area contributed by atoms with Gasteiger partial charge in [0.2, 0.25) is 5.56 Å². The number of aliphatic hydroxyl groups excluding tert-OH is 1. The van der Waals surface area contributed by atoms with Gasteiger partial charge in [0.25, 0.3) is 10.0 Å². The minimum absolute atomic E-state index is 0.102. The van der Waals surface area contributed by atoms with Crippen molar-refractivity contribution >= 4 is 26.7 Å². The van der Waals surface area contributed by atoms with Crippen LogP contribution < -0.4 is 19.3 Å². The van der Waals surface area contributed by atoms with Crippen molar-refractivity contribution in [2.24, 2.45) is 0 Å². The van der Waals surface area contributed by atoms with E-state index in [-0.39, 0.29) is 40.1 Å². The first-order valence-corrected chi connectivity index (χ1v) is 14.1. The molecule has 15 heteroatoms. The van der Waals surface area contributed by atoms with E-state index in [0.717, 1.165) is 17.5 Å². The van der Waals surface area contributed by atoms with E-state index >= 15 is 4.39 Å². The van der Waals surface area contributed by atoms with Gasteiger partial charge in [0.15, 0.2) is 11.9 Å². The molecule has 3 aromatic carbocycles. The molecule has 0 fully saturated rings. The molecule has 0 saturated carbocycles. The maximum absolute atomic E-state index is 15.3. The number of benzene rings is 3. The number of hydrogen-bond donors (Lipinski definition) is 2. The topological polar surface area (TPSA) is 135 Å². The van der Waals surface area contributed by atoms with Gasteiger partial charge in [0.1, 0.15) is 23.6 Å². The summed E-state index contributed by atoms with van der Waals surface area (Å²) in [5, 5.41) is 13.7. The molecule has 0 aliphatic rings. The van der Waals surface area contributed by atoms with Crippen molar-refractivity contribution in [1.82, 2.24) is 10.1 Å². The number of H-pyrrole nitrogens is 1. The number of alkyl halides is 3. The second-order valence-electron chi connectivity index (χ2n) is 9.46. The molecular weight excluding hydrogens is 610 g/mol. The van der Waals surface area contributed by atoms with Crippen LogP contribution in [0.15, 0.2) is 87.2 Å². The number of fused-ring (bicyclic) bond motifs is 1. The number of ether oxygens (including phenoxy) is 2. The second kappa shape index (κ2) is 11.7. The highest BCUT2D eigenvalue weighted by Crippen LogP contribution is 2.44. The molecule has 0 radical (unpaired) electrons. The lowest BCUT2D eigenvalue weighted by Crippen LogP contribution is -2.31. The monoisotopic (exact) mass is 633 g/mol. The summed E-state index contributed by atoms with van der Waals surface area (Å²) in [6.07, 6.45) is -7.20. The average molecular weight is 634 g/mol. The summed E-state index contributed by atoms with van der Waals surface area (Å²) in [6.45, 7) is -0.246. The van der Waals surface area contributed by atoms with Crippen LogP contribution in [-0.4, -0.2) is 44.1 Å². The van der Waals surface area contributed by atoms with Crippen LogP contribution >= 0.6 is 0 Å². The molecule has 2 N–H and O–H groups in total. The number of pyridine rings is 1. The van der Waals surface area contributed by atoms with E-state index in [9.17, 15) is 31.5 Å². The van der Waals surface area contributed by atoms with Crippen LogP contribution in [0.1, 0.15) is 17.2 Å². The Bertz CT molecular complexity index is 1980. The normalized spacial score (nSPS) is 12.7. The van der Waals surface area contributed by atoms with Crippen molar-refractivity contribution in [2.75, 3.05) is 18.5 Å². The Morgan fingerprint density at radius 2 is 1.75 bits per heavy atom. The molecule has 0 bridgehead atoms. The second-order valence-corrected chi connectivity index (χ2v) is 11.3. The van der Waals surface area contributed by atoms with E-state index in [1.165, 1.54) is 37.6 Å². The predicted molar refractivity (Wildman–Crippen MR) is 150 cm³/mol. The van der Waals surface area contributed by atoms with E-state index in [2.05, 4.69) is 10.1 Å². The highest BCUT2D eigenvalue weighted by Gasteiger charge is 2.42. The maximum Gasteiger partial charge on any atom is 0.418 e. The Balaban J connectivity index is 1.77. The van der Waals surface area contributed by atoms with Gasteiger partial charge in [-0.1, -0.05) is 17.3 Å². The third-order valence-electron chi connectivity index (χ3n) is 6.79. The zero-order valence-electron chi connectivity index (χ0n) is 22.9. The van der Waals surface area contributed by atoms with Crippen molar-refractivity contribution in [3.63, 3.8) is 0 Å². The molecule has 5 rings (SSSR count). The standard InChI is InChI=1S/C29H23F4N3O7S/c1-41-17-5-3-16(4-6-17)15-36(25-11-12-43-35-25)44(39,40)24-9-8-22-18(7-10-26(37)34-22)27(24)20-13-21(30)19(14-23(20)42-2)28(38)29(31,32)33/h3-14,28,38H,15H2,1-2H3,(H,34,37). The molecule has 230 valence electrons. The Labute approximate surface area is 247 Å². The number of aliphatic hydroxyl groups is 1. The molecule has 0 amide bonds. The number of aromatic amines is 1. The van der Waals surface area contributed by atoms with Crippen LogP contribution in [0.5, 0.6) is 11.5 Å². The van der Waals surface area contributed by atoms with Crippen molar-refractivity contribution in [1.29, 1.82) is 0 Å². The molecule has 10 nitrogen and oxygen atoms in total. The zero-order valence-corrected chi connectivity index (χ0v) is 23.7. The van der Waals surface area contributed by atoms with Gasteiger partial charge >= 0.3 is 6.18 Å². The first kappa shape index (κ1) is 30.6. The third kappa shape index (κ3) is 5.70. The minimum Gasteiger partial charge on any atom is -0.497 e. The Hall–Kier alpha value is -4.89. The number of nitrogens with zero attached hydrogens (tertiary/aromatic N) is 2. The molecule has 1 atom stereocenters. The van der Waals surface area contributed by atoms with E-state index < -0.39 is 44.1 Å². The highest BCUT2D eigenvalue weighted by atomic mass is 32.2. The van der Waals surface area contributed by atoms with E-state index in [4.69, 9.17) is 14.0 Å². The van der Waals surface area contributed by atoms with E-state index in [1.54, 1.807) is 24.3 Å². The van der Waals surface area contributed by atoms with Gasteiger partial charge < -0.3 is 24.1 Å². The fourth-order valence-electron chi connectivity index (χ4n) is 4.67. The smallest absolute Gasteiger partial charge is 0.418 e. The number of nitrogens with one attached hydrogen (secondary N) is 1. The third-order valence-corrected chi connectivity index (χ3v) is 8.58. The average Bonchev–Trinajstić information content (AvgIpc) is 3.53. The molecule has 0 spiro atoms. The maximum atomic E-state index is 15.3. The first-order valence-electron chi connectivity index (χ1n) is 12.7. The van der Waals surface area contributed by atoms with Crippen LogP contribution in [0.2, 0.25) is 0 Å². The van der Waals surface area contributed by atoms with Crippen molar-refractivity contribution < 1.29 is 45.1 Å². The zero-order chi connectivity index (χ0) is 31.8. The number of anilines is 1. The number of halogens is 4. The lowest BCUT2D eigenvalue weighted by Gasteiger charge is -2.25. The van der Waals surface area contributed by atoms with Gasteiger partial charge in [0, 0.05) is 39.7 Å². The molecule has 0 saturated heterocycles. The first-order chi connectivity index (χ1) is 20.8. The van der Waals surface area contributed by atoms with Gasteiger partial charge in [-0.3, -0.25) is 4.79 Å². The van der Waals surface area contributed by atoms with Crippen molar-refractivity contribution in [3.05, 3.63) is 100 Å². The molecule has 2 aromatic heterocycles. The summed E-state index contributed by atoms with van der Waals surface area (Å²) < 4.78 is 100. The summed E-state index contributed by atoms with van der Waals surface area (Å²) in [5.74, 6) is -1.41. The van der Waals surface area contributed by atoms with Gasteiger partial charge in [0.05, 0.1) is 25.7 Å². The van der Waals surface area contributed by atoms with E-state index in [0.29, 0.717) is 23.4 Å². The van der Waals surface area contributed by atoms with Crippen LogP contribution in [0.3, 0.4) is 0 Å². The number of rotatable bonds is 9. The minimum atomic E-state index is -5.19. The summed E-state index contributed by atoms with van der Waals surface area (Å²) in [7, 11) is -2.06. The quantitative estimate of drug-likeness (QED) is 0.208. The summed E-state index contributed by atoms with van der Waals surface area (Å²) in [6, 6.07) is 14.0. The molecule has 2 heterocycles. The summed E-state index contributed by atoms with van der Waals surface area (Å²) in [4.78, 5) is 14.2. The molecule has 0 aliphatic carbocycles. The van der Waals surface area contributed by atoms with Crippen molar-refractivity contribution in [3.8, 4) is 22.6 Å². The fourth-order valence-corrected chi connectivity index (χ4v) is 6.28. The van der Waals surface area contributed by atoms with Gasteiger partial charge in [-0.15, -0.1) is 0 Å². The Kier molecular flexibility index (Phi) is 8.09. The Morgan fingerprint density at radius 1 is 1.02 bits per heavy atom. The molecule has 5 aromatic rings. The lowest BCUT2D eigenvalue weighted by atomic mass is 9.96. The van der Waals surface area contributed by atoms with Crippen LogP contribution in [0.25, 0.3) is 22.0 Å². The lowest BCUT2D eigenvalue weighted by molar-refractivity contribution is -0.207. The van der Waals surface area contributed by atoms with Crippen LogP contribution in [-0.2, 0) is 16.6 Å². The number of methoxy groups -OCH3 is 2. The number of hydrogen-bond acceptors (Lipinski definition) is 8. The molecule has 1 unspecified atom stereocenters. The van der Waals surface area contributed by atoms with E-state index in [1.807, 2.05) is 0 Å². The predicted octanol–water partition coefficient (Wildman–Crippen LogP) is 5.33. The summed E-state index contributed by atoms with van der Waals surface area (Å²) in [5.41, 5.74) is -1.42. The summed E-state index contributed by atoms with van der Waals surface area (Å²) >= 11 is 0. The largest absolute Gasteiger partial charge is 0.497 e. The Morgan fingerprint density at radius 3 is 2.36 bits per heavy atom. The van der Waals surface area contributed by atoms with Crippen LogP contribution in [0.4, 0.5) is 23.4 Å². The number of aromatic nitrogens is 2. The van der Waals surface area contributed by atoms with Gasteiger partial charge in [-0.2, -0.15) is 13.2 Å². The molecule has 44 heavy (non-hydrogen) atoms. The fraction of sp³-hybridized carbons (Fsp3) is 0.172. The molecular formula is C29H23F4N3O7S. The van der Waals surface area contributed by atoms with Gasteiger partial charge in [-0.05, 0) is 48.0 Å². The highest BCUT2D eigenvalue weighted by molar-refractivity contribution is 7.93. The van der Waals surface area contributed by atoms with Crippen molar-refractivity contribution in [2.45, 2.75) is 23.7 Å². The van der Waals surface area contributed by atoms with Crippen LogP contribution in [0, 0.1) is 5.82 Å².